The highest BCUT2D eigenvalue weighted by atomic mass is 32.1. The Bertz CT molecular complexity index is 521. The van der Waals surface area contributed by atoms with Crippen molar-refractivity contribution in [3.8, 4) is 0 Å². The molecule has 2 N–H and O–H groups in total. The van der Waals surface area contributed by atoms with E-state index in [4.69, 9.17) is 4.74 Å². The van der Waals surface area contributed by atoms with Gasteiger partial charge in [-0.05, 0) is 6.92 Å². The maximum atomic E-state index is 12.0. The first-order valence-corrected chi connectivity index (χ1v) is 7.44. The maximum Gasteiger partial charge on any atom is 0.331 e. The number of carbonyl (C=O) groups excluding carboxylic acids is 1. The molecule has 0 fully saturated rings. The molecule has 0 aliphatic carbocycles. The molecule has 1 unspecified atom stereocenters. The van der Waals surface area contributed by atoms with Crippen molar-refractivity contribution in [3.05, 3.63) is 16.1 Å². The molecule has 0 aromatic carbocycles. The van der Waals surface area contributed by atoms with Gasteiger partial charge >= 0.3 is 5.97 Å². The number of aliphatic carboxylic acids is 1. The number of nitrogens with zero attached hydrogens (tertiary/aromatic N) is 1. The third-order valence-electron chi connectivity index (χ3n) is 2.86. The Morgan fingerprint density at radius 1 is 1.38 bits per heavy atom. The van der Waals surface area contributed by atoms with Crippen LogP contribution in [0, 0.1) is 0 Å². The van der Waals surface area contributed by atoms with Gasteiger partial charge in [-0.1, -0.05) is 20.8 Å². The summed E-state index contributed by atoms with van der Waals surface area (Å²) in [6.07, 6.45) is 0.0547. The lowest BCUT2D eigenvalue weighted by atomic mass is 9.98. The highest BCUT2D eigenvalue weighted by Gasteiger charge is 2.35. The molecule has 1 heterocycles. The Hall–Kier alpha value is -1.47. The van der Waals surface area contributed by atoms with Crippen molar-refractivity contribution < 1.29 is 19.4 Å². The van der Waals surface area contributed by atoms with E-state index in [1.807, 2.05) is 5.38 Å². The van der Waals surface area contributed by atoms with Gasteiger partial charge in [-0.3, -0.25) is 4.79 Å². The third-order valence-corrected chi connectivity index (χ3v) is 4.17. The molecule has 21 heavy (non-hydrogen) atoms. The largest absolute Gasteiger partial charge is 0.479 e. The smallest absolute Gasteiger partial charge is 0.331 e. The first-order valence-electron chi connectivity index (χ1n) is 6.57. The Morgan fingerprint density at radius 2 is 2.00 bits per heavy atom. The highest BCUT2D eigenvalue weighted by Crippen LogP contribution is 2.25. The molecule has 1 rings (SSSR count). The van der Waals surface area contributed by atoms with E-state index in [0.717, 1.165) is 5.01 Å². The lowest BCUT2D eigenvalue weighted by molar-refractivity contribution is -0.149. The van der Waals surface area contributed by atoms with Crippen LogP contribution in [0.2, 0.25) is 0 Å². The number of ether oxygens (including phenoxy) is 1. The predicted molar refractivity (Wildman–Crippen MR) is 80.6 cm³/mol. The van der Waals surface area contributed by atoms with Gasteiger partial charge in [-0.2, -0.15) is 0 Å². The summed E-state index contributed by atoms with van der Waals surface area (Å²) in [6, 6.07) is 0. The summed E-state index contributed by atoms with van der Waals surface area (Å²) in [5, 5.41) is 14.4. The van der Waals surface area contributed by atoms with Crippen LogP contribution in [-0.2, 0) is 26.2 Å². The predicted octanol–water partition coefficient (Wildman–Crippen LogP) is 1.59. The summed E-state index contributed by atoms with van der Waals surface area (Å²) in [7, 11) is 1.39. The topological polar surface area (TPSA) is 88.5 Å². The Labute approximate surface area is 128 Å². The summed E-state index contributed by atoms with van der Waals surface area (Å²) in [6.45, 7) is 7.47. The highest BCUT2D eigenvalue weighted by molar-refractivity contribution is 7.09. The fraction of sp³-hybridized carbons (Fsp3) is 0.643. The number of amides is 1. The van der Waals surface area contributed by atoms with Crippen LogP contribution in [0.4, 0.5) is 0 Å². The van der Waals surface area contributed by atoms with Crippen molar-refractivity contribution in [2.75, 3.05) is 13.7 Å². The number of thiazole rings is 1. The van der Waals surface area contributed by atoms with Crippen LogP contribution in [0.5, 0.6) is 0 Å². The fourth-order valence-corrected chi connectivity index (χ4v) is 2.60. The second-order valence-corrected chi connectivity index (χ2v) is 7.05. The zero-order valence-electron chi connectivity index (χ0n) is 13.0. The number of hydrogen-bond donors (Lipinski definition) is 2. The number of carboxylic acids is 1. The molecule has 0 spiro atoms. The van der Waals surface area contributed by atoms with Gasteiger partial charge in [0, 0.05) is 17.9 Å². The molecule has 7 heteroatoms. The molecule has 0 aliphatic heterocycles. The van der Waals surface area contributed by atoms with E-state index < -0.39 is 11.5 Å². The van der Waals surface area contributed by atoms with Crippen LogP contribution in [-0.4, -0.2) is 41.2 Å². The van der Waals surface area contributed by atoms with Crippen LogP contribution < -0.4 is 5.32 Å². The SMILES string of the molecule is COCC(C)(NC(=O)Cc1csc(C(C)(C)C)n1)C(=O)O. The standard InChI is InChI=1S/C14H22N2O4S/c1-13(2,3)11-15-9(7-21-11)6-10(17)16-14(4,8-20-5)12(18)19/h7H,6,8H2,1-5H3,(H,16,17)(H,18,19). The quantitative estimate of drug-likeness (QED) is 0.832. The van der Waals surface area contributed by atoms with Crippen molar-refractivity contribution in [2.24, 2.45) is 0 Å². The lowest BCUT2D eigenvalue weighted by Crippen LogP contribution is -2.55. The average molecular weight is 314 g/mol. The average Bonchev–Trinajstić information content (AvgIpc) is 2.76. The Kier molecular flexibility index (Phi) is 5.47. The maximum absolute atomic E-state index is 12.0. The molecule has 0 aliphatic rings. The summed E-state index contributed by atoms with van der Waals surface area (Å²) in [5.74, 6) is -1.52. The summed E-state index contributed by atoms with van der Waals surface area (Å²) in [5.41, 5.74) is -0.854. The minimum atomic E-state index is -1.44. The van der Waals surface area contributed by atoms with Gasteiger partial charge in [0.2, 0.25) is 5.91 Å². The van der Waals surface area contributed by atoms with E-state index in [1.54, 1.807) is 0 Å². The Morgan fingerprint density at radius 3 is 2.43 bits per heavy atom. The first-order chi connectivity index (χ1) is 9.58. The van der Waals surface area contributed by atoms with Crippen LogP contribution in [0.1, 0.15) is 38.4 Å². The van der Waals surface area contributed by atoms with E-state index >= 15 is 0 Å². The molecule has 0 saturated heterocycles. The van der Waals surface area contributed by atoms with Gasteiger partial charge in [0.15, 0.2) is 5.54 Å². The van der Waals surface area contributed by atoms with Crippen molar-refractivity contribution >= 4 is 23.2 Å². The van der Waals surface area contributed by atoms with E-state index in [2.05, 4.69) is 31.1 Å². The normalized spacial score (nSPS) is 14.5. The minimum Gasteiger partial charge on any atom is -0.479 e. The zero-order chi connectivity index (χ0) is 16.3. The summed E-state index contributed by atoms with van der Waals surface area (Å²) in [4.78, 5) is 27.6. The number of methoxy groups -OCH3 is 1. The number of carbonyl (C=O) groups is 2. The van der Waals surface area contributed by atoms with Crippen molar-refractivity contribution in [3.63, 3.8) is 0 Å². The van der Waals surface area contributed by atoms with Gasteiger partial charge in [0.05, 0.1) is 23.7 Å². The molecule has 6 nitrogen and oxygen atoms in total. The number of rotatable bonds is 6. The van der Waals surface area contributed by atoms with E-state index in [-0.39, 0.29) is 24.3 Å². The van der Waals surface area contributed by atoms with E-state index in [1.165, 1.54) is 25.4 Å². The molecule has 0 saturated carbocycles. The number of carboxylic acid groups (broad SMARTS) is 1. The summed E-state index contributed by atoms with van der Waals surface area (Å²) >= 11 is 1.50. The molecule has 118 valence electrons. The zero-order valence-corrected chi connectivity index (χ0v) is 13.8. The minimum absolute atomic E-state index is 0.0547. The number of hydrogen-bond acceptors (Lipinski definition) is 5. The Balaban J connectivity index is 2.73. The third kappa shape index (κ3) is 4.78. The molecule has 1 aromatic rings. The monoisotopic (exact) mass is 314 g/mol. The van der Waals surface area contributed by atoms with E-state index in [0.29, 0.717) is 5.69 Å². The molecule has 0 bridgehead atoms. The van der Waals surface area contributed by atoms with Crippen LogP contribution in [0.3, 0.4) is 0 Å². The van der Waals surface area contributed by atoms with Crippen molar-refractivity contribution in [1.29, 1.82) is 0 Å². The van der Waals surface area contributed by atoms with Crippen molar-refractivity contribution in [1.82, 2.24) is 10.3 Å². The molecule has 1 amide bonds. The van der Waals surface area contributed by atoms with Gasteiger partial charge in [-0.15, -0.1) is 11.3 Å². The second-order valence-electron chi connectivity index (χ2n) is 6.19. The van der Waals surface area contributed by atoms with Crippen LogP contribution >= 0.6 is 11.3 Å². The molecule has 0 radical (unpaired) electrons. The second kappa shape index (κ2) is 6.53. The van der Waals surface area contributed by atoms with Crippen LogP contribution in [0.25, 0.3) is 0 Å². The molecule has 1 atom stereocenters. The molecular formula is C14H22N2O4S. The van der Waals surface area contributed by atoms with Crippen molar-refractivity contribution in [2.45, 2.75) is 45.1 Å². The van der Waals surface area contributed by atoms with Gasteiger partial charge in [0.1, 0.15) is 0 Å². The van der Waals surface area contributed by atoms with E-state index in [9.17, 15) is 14.7 Å². The van der Waals surface area contributed by atoms with Gasteiger partial charge in [-0.25, -0.2) is 9.78 Å². The van der Waals surface area contributed by atoms with Crippen LogP contribution in [0.15, 0.2) is 5.38 Å². The molecule has 1 aromatic heterocycles. The van der Waals surface area contributed by atoms with Gasteiger partial charge in [0.25, 0.3) is 0 Å². The van der Waals surface area contributed by atoms with Gasteiger partial charge < -0.3 is 15.2 Å². The fourth-order valence-electron chi connectivity index (χ4n) is 1.69. The number of nitrogens with one attached hydrogen (secondary N) is 1. The molecular weight excluding hydrogens is 292 g/mol. The number of aromatic nitrogens is 1. The first kappa shape index (κ1) is 17.6. The lowest BCUT2D eigenvalue weighted by Gasteiger charge is -2.25. The summed E-state index contributed by atoms with van der Waals surface area (Å²) < 4.78 is 4.86.